The van der Waals surface area contributed by atoms with Gasteiger partial charge in [-0.15, -0.1) is 13.2 Å². The number of benzene rings is 2. The molecule has 30 heavy (non-hydrogen) atoms. The van der Waals surface area contributed by atoms with Crippen LogP contribution in [0.25, 0.3) is 22.5 Å². The summed E-state index contributed by atoms with van der Waals surface area (Å²) in [4.78, 5) is 12.4. The molecular weight excluding hydrogens is 425 g/mol. The molecule has 0 spiro atoms. The molecule has 6 nitrogen and oxygen atoms in total. The van der Waals surface area contributed by atoms with Gasteiger partial charge >= 0.3 is 6.36 Å². The summed E-state index contributed by atoms with van der Waals surface area (Å²) in [5.41, 5.74) is 2.17. The Kier molecular flexibility index (Phi) is 4.70. The van der Waals surface area contributed by atoms with E-state index in [0.717, 1.165) is 12.1 Å². The van der Waals surface area contributed by atoms with Crippen LogP contribution in [0.5, 0.6) is 5.75 Å². The van der Waals surface area contributed by atoms with Crippen molar-refractivity contribution in [3.63, 3.8) is 0 Å². The van der Waals surface area contributed by atoms with Gasteiger partial charge in [0.2, 0.25) is 5.76 Å². The summed E-state index contributed by atoms with van der Waals surface area (Å²) in [5.74, 6) is -1.30. The zero-order valence-corrected chi connectivity index (χ0v) is 15.9. The highest BCUT2D eigenvalue weighted by Gasteiger charge is 2.32. The lowest BCUT2D eigenvalue weighted by Crippen LogP contribution is -2.16. The van der Waals surface area contributed by atoms with E-state index in [4.69, 9.17) is 16.1 Å². The smallest absolute Gasteiger partial charge is 0.504 e. The number of hydrogen-bond donors (Lipinski definition) is 2. The highest BCUT2D eigenvalue weighted by atomic mass is 35.5. The van der Waals surface area contributed by atoms with Crippen molar-refractivity contribution in [3.05, 3.63) is 64.5 Å². The number of fused-ring (bicyclic) bond motifs is 1. The van der Waals surface area contributed by atoms with Crippen LogP contribution in [0.4, 0.5) is 18.9 Å². The van der Waals surface area contributed by atoms with Crippen LogP contribution in [0.15, 0.2) is 47.0 Å². The van der Waals surface area contributed by atoms with E-state index in [2.05, 4.69) is 15.2 Å². The van der Waals surface area contributed by atoms with E-state index >= 15 is 0 Å². The highest BCUT2D eigenvalue weighted by molar-refractivity contribution is 6.38. The summed E-state index contributed by atoms with van der Waals surface area (Å²) in [6.07, 6.45) is -4.80. The number of ether oxygens (including phenoxy) is 1. The Bertz CT molecular complexity index is 1180. The molecule has 2 aromatic carbocycles. The first-order chi connectivity index (χ1) is 14.1. The Morgan fingerprint density at radius 3 is 2.47 bits per heavy atom. The maximum Gasteiger partial charge on any atom is 0.573 e. The van der Waals surface area contributed by atoms with Crippen molar-refractivity contribution >= 4 is 34.5 Å². The number of halogens is 4. The second-order valence-electron chi connectivity index (χ2n) is 6.46. The SMILES string of the molecule is Cc1cc(C(O)=C2C(=O)Nc3cc(Cl)c(-c4ccc(OC(F)(F)F)cc4)cc32)on1. The van der Waals surface area contributed by atoms with E-state index in [-0.39, 0.29) is 22.1 Å². The quantitative estimate of drug-likeness (QED) is 0.413. The molecule has 3 aromatic rings. The second kappa shape index (κ2) is 7.10. The Balaban J connectivity index is 1.77. The first kappa shape index (κ1) is 19.8. The van der Waals surface area contributed by atoms with Crippen LogP contribution in [0, 0.1) is 6.92 Å². The lowest BCUT2D eigenvalue weighted by atomic mass is 9.98. The van der Waals surface area contributed by atoms with Gasteiger partial charge < -0.3 is 19.7 Å². The number of aliphatic hydroxyl groups excluding tert-OH is 1. The number of rotatable bonds is 3. The Morgan fingerprint density at radius 1 is 1.17 bits per heavy atom. The molecule has 4 rings (SSSR count). The molecule has 2 N–H and O–H groups in total. The lowest BCUT2D eigenvalue weighted by molar-refractivity contribution is -0.274. The minimum atomic E-state index is -4.80. The van der Waals surface area contributed by atoms with Crippen molar-refractivity contribution in [2.75, 3.05) is 5.32 Å². The van der Waals surface area contributed by atoms with Gasteiger partial charge in [-0.2, -0.15) is 0 Å². The Labute approximate surface area is 172 Å². The largest absolute Gasteiger partial charge is 0.573 e. The standard InChI is InChI=1S/C20H12ClF3N2O4/c1-9-6-16(30-26-9)18(27)17-13-7-12(14(21)8-15(13)25-19(17)28)10-2-4-11(5-3-10)29-20(22,23)24/h2-8,27H,1H3,(H,25,28). The number of hydrogen-bond acceptors (Lipinski definition) is 5. The van der Waals surface area contributed by atoms with Crippen LogP contribution in [0.1, 0.15) is 17.0 Å². The summed E-state index contributed by atoms with van der Waals surface area (Å²) in [7, 11) is 0. The van der Waals surface area contributed by atoms with Crippen molar-refractivity contribution in [3.8, 4) is 16.9 Å². The third-order valence-corrected chi connectivity index (χ3v) is 4.66. The molecule has 2 heterocycles. The van der Waals surface area contributed by atoms with E-state index in [1.165, 1.54) is 24.3 Å². The first-order valence-corrected chi connectivity index (χ1v) is 8.88. The predicted octanol–water partition coefficient (Wildman–Crippen LogP) is 5.58. The molecule has 1 amide bonds. The van der Waals surface area contributed by atoms with Gasteiger partial charge in [-0.3, -0.25) is 4.79 Å². The van der Waals surface area contributed by atoms with Gasteiger partial charge in [-0.05, 0) is 36.8 Å². The third-order valence-electron chi connectivity index (χ3n) is 4.35. The lowest BCUT2D eigenvalue weighted by Gasteiger charge is -2.11. The molecule has 0 aliphatic carbocycles. The maximum atomic E-state index is 12.4. The Hall–Kier alpha value is -3.46. The summed E-state index contributed by atoms with van der Waals surface area (Å²) in [5, 5.41) is 17.1. The minimum absolute atomic E-state index is 0.0238. The molecule has 1 aromatic heterocycles. The van der Waals surface area contributed by atoms with Crippen molar-refractivity contribution in [2.45, 2.75) is 13.3 Å². The minimum Gasteiger partial charge on any atom is -0.504 e. The molecule has 154 valence electrons. The van der Waals surface area contributed by atoms with Crippen LogP contribution in [-0.2, 0) is 4.79 Å². The van der Waals surface area contributed by atoms with Gasteiger partial charge in [0, 0.05) is 17.2 Å². The van der Waals surface area contributed by atoms with Gasteiger partial charge in [-0.1, -0.05) is 28.9 Å². The normalized spacial score (nSPS) is 15.0. The number of anilines is 1. The molecule has 0 radical (unpaired) electrons. The second-order valence-corrected chi connectivity index (χ2v) is 6.87. The van der Waals surface area contributed by atoms with Crippen LogP contribution in [0.2, 0.25) is 5.02 Å². The number of aryl methyl sites for hydroxylation is 1. The van der Waals surface area contributed by atoms with Crippen LogP contribution < -0.4 is 10.1 Å². The summed E-state index contributed by atoms with van der Waals surface area (Å²) in [6, 6.07) is 9.65. The first-order valence-electron chi connectivity index (χ1n) is 8.51. The fraction of sp³-hybridized carbons (Fsp3) is 0.100. The number of nitrogens with one attached hydrogen (secondary N) is 1. The van der Waals surface area contributed by atoms with Crippen molar-refractivity contribution in [1.29, 1.82) is 0 Å². The van der Waals surface area contributed by atoms with Gasteiger partial charge in [0.15, 0.2) is 5.76 Å². The van der Waals surface area contributed by atoms with Crippen molar-refractivity contribution in [1.82, 2.24) is 5.16 Å². The fourth-order valence-electron chi connectivity index (χ4n) is 3.08. The molecular formula is C20H12ClF3N2O4. The average Bonchev–Trinajstić information content (AvgIpc) is 3.22. The van der Waals surface area contributed by atoms with Crippen LogP contribution in [0.3, 0.4) is 0 Å². The summed E-state index contributed by atoms with van der Waals surface area (Å²) >= 11 is 6.31. The Morgan fingerprint density at radius 2 is 1.87 bits per heavy atom. The van der Waals surface area contributed by atoms with E-state index in [1.807, 2.05) is 0 Å². The number of aliphatic hydroxyl groups is 1. The molecule has 0 unspecified atom stereocenters. The van der Waals surface area contributed by atoms with Crippen LogP contribution in [-0.4, -0.2) is 22.5 Å². The third kappa shape index (κ3) is 3.71. The number of carbonyl (C=O) groups excluding carboxylic acids is 1. The van der Waals surface area contributed by atoms with Crippen molar-refractivity contribution < 1.29 is 32.3 Å². The van der Waals surface area contributed by atoms with E-state index < -0.39 is 18.0 Å². The van der Waals surface area contributed by atoms with Gasteiger partial charge in [0.1, 0.15) is 5.75 Å². The number of alkyl halides is 3. The number of carbonyl (C=O) groups is 1. The number of amides is 1. The molecule has 0 atom stereocenters. The predicted molar refractivity (Wildman–Crippen MR) is 103 cm³/mol. The molecule has 0 fully saturated rings. The number of aromatic nitrogens is 1. The molecule has 1 aliphatic heterocycles. The maximum absolute atomic E-state index is 12.4. The molecule has 10 heteroatoms. The fourth-order valence-corrected chi connectivity index (χ4v) is 3.35. The monoisotopic (exact) mass is 436 g/mol. The van der Waals surface area contributed by atoms with E-state index in [1.54, 1.807) is 13.0 Å². The van der Waals surface area contributed by atoms with E-state index in [0.29, 0.717) is 28.1 Å². The van der Waals surface area contributed by atoms with E-state index in [9.17, 15) is 23.1 Å². The molecule has 0 saturated heterocycles. The zero-order chi connectivity index (χ0) is 21.6. The molecule has 0 saturated carbocycles. The topological polar surface area (TPSA) is 84.6 Å². The van der Waals surface area contributed by atoms with Gasteiger partial charge in [0.05, 0.1) is 22.0 Å². The zero-order valence-electron chi connectivity index (χ0n) is 15.2. The van der Waals surface area contributed by atoms with Crippen LogP contribution >= 0.6 is 11.6 Å². The summed E-state index contributed by atoms with van der Waals surface area (Å²) < 4.78 is 45.9. The van der Waals surface area contributed by atoms with Crippen molar-refractivity contribution in [2.24, 2.45) is 0 Å². The molecule has 0 bridgehead atoms. The average molecular weight is 437 g/mol. The summed E-state index contributed by atoms with van der Waals surface area (Å²) in [6.45, 7) is 1.66. The molecule has 1 aliphatic rings. The number of nitrogens with zero attached hydrogens (tertiary/aromatic N) is 1. The van der Waals surface area contributed by atoms with Gasteiger partial charge in [0.25, 0.3) is 5.91 Å². The highest BCUT2D eigenvalue weighted by Crippen LogP contribution is 2.42. The van der Waals surface area contributed by atoms with Gasteiger partial charge in [-0.25, -0.2) is 0 Å².